The van der Waals surface area contributed by atoms with Crippen molar-refractivity contribution >= 4 is 11.7 Å². The van der Waals surface area contributed by atoms with Gasteiger partial charge < -0.3 is 5.32 Å². The summed E-state index contributed by atoms with van der Waals surface area (Å²) in [6.45, 7) is 12.8. The van der Waals surface area contributed by atoms with Crippen LogP contribution in [-0.2, 0) is 16.9 Å². The van der Waals surface area contributed by atoms with Crippen LogP contribution in [0.3, 0.4) is 0 Å². The van der Waals surface area contributed by atoms with Crippen molar-refractivity contribution in [1.82, 2.24) is 34.1 Å². The lowest BCUT2D eigenvalue weighted by Crippen LogP contribution is -2.37. The van der Waals surface area contributed by atoms with Gasteiger partial charge in [-0.2, -0.15) is 14.9 Å². The molecule has 1 N–H and O–H groups in total. The third-order valence-corrected chi connectivity index (χ3v) is 4.24. The molecule has 0 saturated heterocycles. The number of hydrogen-bond acceptors (Lipinski definition) is 6. The fraction of sp³-hybridized carbons (Fsp3) is 0.474. The number of amides is 1. The minimum absolute atomic E-state index is 0.154. The van der Waals surface area contributed by atoms with E-state index in [1.165, 1.54) is 13.9 Å². The van der Waals surface area contributed by atoms with Crippen molar-refractivity contribution in [1.29, 1.82) is 0 Å². The van der Waals surface area contributed by atoms with Gasteiger partial charge in [-0.05, 0) is 54.5 Å². The van der Waals surface area contributed by atoms with Crippen LogP contribution in [0.25, 0.3) is 5.95 Å². The smallest absolute Gasteiger partial charge is 0.309 e. The number of carbonyl (C=O) groups is 1. The van der Waals surface area contributed by atoms with E-state index >= 15 is 0 Å². The molecule has 10 nitrogen and oxygen atoms in total. The van der Waals surface area contributed by atoms with Gasteiger partial charge in [0.1, 0.15) is 18.2 Å². The zero-order chi connectivity index (χ0) is 21.5. The zero-order valence-corrected chi connectivity index (χ0v) is 17.8. The third-order valence-electron chi connectivity index (χ3n) is 4.24. The van der Waals surface area contributed by atoms with E-state index in [0.717, 1.165) is 11.4 Å². The van der Waals surface area contributed by atoms with Crippen LogP contribution in [0.2, 0.25) is 0 Å². The first kappa shape index (κ1) is 20.4. The van der Waals surface area contributed by atoms with Crippen LogP contribution in [0.5, 0.6) is 0 Å². The van der Waals surface area contributed by atoms with Crippen molar-refractivity contribution in [3.05, 3.63) is 45.5 Å². The van der Waals surface area contributed by atoms with E-state index in [1.54, 1.807) is 13.0 Å². The SMILES string of the molecule is Cc1cc(C)nc(-n2nc(C)cc2NC(=O)Cn2c(C)nn(C(C)(C)C)c2=O)n1. The van der Waals surface area contributed by atoms with Gasteiger partial charge in [-0.1, -0.05) is 0 Å². The summed E-state index contributed by atoms with van der Waals surface area (Å²) in [6, 6.07) is 3.59. The van der Waals surface area contributed by atoms with Crippen molar-refractivity contribution in [2.45, 2.75) is 60.5 Å². The number of nitrogens with zero attached hydrogens (tertiary/aromatic N) is 7. The number of hydrogen-bond donors (Lipinski definition) is 1. The van der Waals surface area contributed by atoms with Crippen LogP contribution < -0.4 is 11.0 Å². The Labute approximate surface area is 168 Å². The number of anilines is 1. The minimum Gasteiger partial charge on any atom is -0.309 e. The zero-order valence-electron chi connectivity index (χ0n) is 17.8. The molecule has 0 aromatic carbocycles. The molecule has 0 aliphatic rings. The van der Waals surface area contributed by atoms with Gasteiger partial charge in [0.15, 0.2) is 0 Å². The summed E-state index contributed by atoms with van der Waals surface area (Å²) < 4.78 is 4.22. The molecule has 10 heteroatoms. The van der Waals surface area contributed by atoms with Crippen LogP contribution in [0.1, 0.15) is 43.7 Å². The summed E-state index contributed by atoms with van der Waals surface area (Å²) in [5.41, 5.74) is 1.51. The van der Waals surface area contributed by atoms with Crippen LogP contribution in [0.4, 0.5) is 5.82 Å². The standard InChI is InChI=1S/C19H26N8O2/c1-11-8-12(2)21-17(20-11)26-15(9-13(3)23-26)22-16(28)10-25-14(4)24-27(18(25)29)19(5,6)7/h8-9H,10H2,1-7H3,(H,22,28). The van der Waals surface area contributed by atoms with Gasteiger partial charge in [0.2, 0.25) is 5.91 Å². The topological polar surface area (TPSA) is 113 Å². The highest BCUT2D eigenvalue weighted by molar-refractivity contribution is 5.90. The highest BCUT2D eigenvalue weighted by Gasteiger charge is 2.22. The number of rotatable bonds is 4. The van der Waals surface area contributed by atoms with Gasteiger partial charge in [0.25, 0.3) is 5.95 Å². The summed E-state index contributed by atoms with van der Waals surface area (Å²) in [5, 5.41) is 11.5. The summed E-state index contributed by atoms with van der Waals surface area (Å²) in [4.78, 5) is 34.1. The van der Waals surface area contributed by atoms with Crippen molar-refractivity contribution in [3.8, 4) is 5.95 Å². The summed E-state index contributed by atoms with van der Waals surface area (Å²) >= 11 is 0. The Morgan fingerprint density at radius 3 is 2.17 bits per heavy atom. The van der Waals surface area contributed by atoms with Crippen LogP contribution >= 0.6 is 0 Å². The number of aryl methyl sites for hydroxylation is 4. The van der Waals surface area contributed by atoms with Gasteiger partial charge in [-0.3, -0.25) is 9.36 Å². The van der Waals surface area contributed by atoms with E-state index in [-0.39, 0.29) is 18.1 Å². The Morgan fingerprint density at radius 1 is 1.00 bits per heavy atom. The van der Waals surface area contributed by atoms with Crippen molar-refractivity contribution < 1.29 is 4.79 Å². The second-order valence-electron chi connectivity index (χ2n) is 8.08. The molecule has 0 saturated carbocycles. The van der Waals surface area contributed by atoms with E-state index in [2.05, 4.69) is 25.5 Å². The molecule has 0 unspecified atom stereocenters. The molecular weight excluding hydrogens is 372 g/mol. The van der Waals surface area contributed by atoms with E-state index < -0.39 is 5.54 Å². The highest BCUT2D eigenvalue weighted by Crippen LogP contribution is 2.15. The second-order valence-corrected chi connectivity index (χ2v) is 8.08. The largest absolute Gasteiger partial charge is 0.346 e. The number of aromatic nitrogens is 7. The fourth-order valence-corrected chi connectivity index (χ4v) is 2.98. The van der Waals surface area contributed by atoms with Gasteiger partial charge in [-0.15, -0.1) is 0 Å². The second kappa shape index (κ2) is 7.26. The van der Waals surface area contributed by atoms with Crippen LogP contribution in [0.15, 0.2) is 16.9 Å². The van der Waals surface area contributed by atoms with E-state index in [1.807, 2.05) is 47.6 Å². The Bertz CT molecular complexity index is 1110. The van der Waals surface area contributed by atoms with Gasteiger partial charge in [0.05, 0.1) is 11.2 Å². The average molecular weight is 398 g/mol. The molecule has 154 valence electrons. The average Bonchev–Trinajstić information content (AvgIpc) is 3.08. The predicted molar refractivity (Wildman–Crippen MR) is 108 cm³/mol. The van der Waals surface area contributed by atoms with Crippen molar-refractivity contribution in [3.63, 3.8) is 0 Å². The van der Waals surface area contributed by atoms with E-state index in [4.69, 9.17) is 0 Å². The van der Waals surface area contributed by atoms with E-state index in [9.17, 15) is 9.59 Å². The molecule has 29 heavy (non-hydrogen) atoms. The highest BCUT2D eigenvalue weighted by atomic mass is 16.2. The summed E-state index contributed by atoms with van der Waals surface area (Å²) in [5.74, 6) is 0.919. The molecule has 0 atom stereocenters. The van der Waals surface area contributed by atoms with E-state index in [0.29, 0.717) is 23.3 Å². The molecule has 0 aliphatic heterocycles. The molecule has 3 rings (SSSR count). The lowest BCUT2D eigenvalue weighted by Gasteiger charge is -2.16. The van der Waals surface area contributed by atoms with Crippen molar-refractivity contribution in [2.75, 3.05) is 5.32 Å². The lowest BCUT2D eigenvalue weighted by molar-refractivity contribution is -0.116. The third kappa shape index (κ3) is 4.25. The Morgan fingerprint density at radius 2 is 1.62 bits per heavy atom. The maximum atomic E-state index is 12.7. The lowest BCUT2D eigenvalue weighted by atomic mass is 10.1. The van der Waals surface area contributed by atoms with Gasteiger partial charge in [-0.25, -0.2) is 19.4 Å². The minimum atomic E-state index is -0.473. The molecule has 1 amide bonds. The number of nitrogens with one attached hydrogen (secondary N) is 1. The van der Waals surface area contributed by atoms with Gasteiger partial charge in [0, 0.05) is 17.5 Å². The molecule has 3 heterocycles. The molecule has 3 aromatic rings. The summed E-state index contributed by atoms with van der Waals surface area (Å²) in [6.07, 6.45) is 0. The molecule has 0 spiro atoms. The first-order valence-corrected chi connectivity index (χ1v) is 9.32. The molecule has 0 aliphatic carbocycles. The molecule has 3 aromatic heterocycles. The molecule has 0 bridgehead atoms. The first-order valence-electron chi connectivity index (χ1n) is 9.32. The Balaban J connectivity index is 1.88. The first-order chi connectivity index (χ1) is 13.5. The molecule has 0 fully saturated rings. The maximum Gasteiger partial charge on any atom is 0.346 e. The van der Waals surface area contributed by atoms with Crippen molar-refractivity contribution in [2.24, 2.45) is 0 Å². The summed E-state index contributed by atoms with van der Waals surface area (Å²) in [7, 11) is 0. The molecule has 0 radical (unpaired) electrons. The predicted octanol–water partition coefficient (Wildman–Crippen LogP) is 1.65. The maximum absolute atomic E-state index is 12.7. The number of carbonyl (C=O) groups excluding carboxylic acids is 1. The molecular formula is C19H26N8O2. The fourth-order valence-electron chi connectivity index (χ4n) is 2.98. The quantitative estimate of drug-likeness (QED) is 0.715. The van der Waals surface area contributed by atoms with Crippen LogP contribution in [0, 0.1) is 27.7 Å². The monoisotopic (exact) mass is 398 g/mol. The van der Waals surface area contributed by atoms with Crippen LogP contribution in [-0.4, -0.2) is 40.0 Å². The Hall–Kier alpha value is -3.30. The normalized spacial score (nSPS) is 11.7. The van der Waals surface area contributed by atoms with Gasteiger partial charge >= 0.3 is 5.69 Å². The Kier molecular flexibility index (Phi) is 5.12.